The molecule has 4 aromatic rings. The summed E-state index contributed by atoms with van der Waals surface area (Å²) in [4.78, 5) is 13.5. The maximum atomic E-state index is 13.6. The van der Waals surface area contributed by atoms with E-state index in [0.717, 1.165) is 49.3 Å². The Morgan fingerprint density at radius 1 is 0.909 bits per heavy atom. The zero-order valence-electron chi connectivity index (χ0n) is 17.6. The third-order valence-electron chi connectivity index (χ3n) is 5.69. The summed E-state index contributed by atoms with van der Waals surface area (Å²) in [5.41, 5.74) is 3.20. The Kier molecular flexibility index (Phi) is 5.78. The number of hydrogen-bond donors (Lipinski definition) is 2. The van der Waals surface area contributed by atoms with Gasteiger partial charge in [0.05, 0.1) is 23.4 Å². The Morgan fingerprint density at radius 2 is 1.70 bits per heavy atom. The highest BCUT2D eigenvalue weighted by Crippen LogP contribution is 2.35. The molecule has 0 radical (unpaired) electrons. The van der Waals surface area contributed by atoms with Gasteiger partial charge in [0.15, 0.2) is 11.6 Å². The minimum Gasteiger partial charge on any atom is -0.326 e. The van der Waals surface area contributed by atoms with Crippen LogP contribution in [0.2, 0.25) is 0 Å². The lowest BCUT2D eigenvalue weighted by Gasteiger charge is -2.25. The average molecular weight is 450 g/mol. The number of hydrogen-bond acceptors (Lipinski definition) is 5. The highest BCUT2D eigenvalue weighted by Gasteiger charge is 2.23. The highest BCUT2D eigenvalue weighted by molar-refractivity contribution is 5.77. The van der Waals surface area contributed by atoms with Crippen molar-refractivity contribution in [3.8, 4) is 22.6 Å². The minimum atomic E-state index is -0.960. The Morgan fingerprint density at radius 3 is 2.45 bits per heavy atom. The van der Waals surface area contributed by atoms with Crippen molar-refractivity contribution in [1.82, 2.24) is 24.8 Å². The van der Waals surface area contributed by atoms with Crippen molar-refractivity contribution < 1.29 is 13.2 Å². The van der Waals surface area contributed by atoms with E-state index in [0.29, 0.717) is 17.1 Å². The van der Waals surface area contributed by atoms with Crippen LogP contribution in [-0.2, 0) is 0 Å². The van der Waals surface area contributed by atoms with E-state index in [1.807, 2.05) is 0 Å². The van der Waals surface area contributed by atoms with Gasteiger partial charge in [-0.05, 0) is 68.4 Å². The second kappa shape index (κ2) is 9.03. The molecule has 1 saturated heterocycles. The van der Waals surface area contributed by atoms with Gasteiger partial charge in [0.1, 0.15) is 5.82 Å². The first kappa shape index (κ1) is 21.1. The first-order chi connectivity index (χ1) is 16.1. The zero-order valence-corrected chi connectivity index (χ0v) is 17.6. The summed E-state index contributed by atoms with van der Waals surface area (Å²) >= 11 is 0. The molecule has 0 unspecified atom stereocenters. The van der Waals surface area contributed by atoms with Crippen LogP contribution in [0, 0.1) is 17.5 Å². The summed E-state index contributed by atoms with van der Waals surface area (Å²) in [7, 11) is 0. The number of anilines is 2. The molecule has 1 aliphatic heterocycles. The molecule has 2 aromatic carbocycles. The van der Waals surface area contributed by atoms with E-state index in [2.05, 4.69) is 30.2 Å². The van der Waals surface area contributed by atoms with Crippen molar-refractivity contribution in [3.63, 3.8) is 0 Å². The van der Waals surface area contributed by atoms with Crippen molar-refractivity contribution in [3.05, 3.63) is 78.5 Å². The maximum Gasteiger partial charge on any atom is 0.227 e. The monoisotopic (exact) mass is 450 g/mol. The fraction of sp³-hybridized carbons (Fsp3) is 0.208. The first-order valence-electron chi connectivity index (χ1n) is 10.7. The Bertz CT molecular complexity index is 1270. The number of aromatic nitrogens is 4. The van der Waals surface area contributed by atoms with E-state index >= 15 is 0 Å². The number of rotatable bonds is 5. The van der Waals surface area contributed by atoms with Gasteiger partial charge in [-0.25, -0.2) is 28.1 Å². The molecule has 1 aliphatic rings. The molecule has 33 heavy (non-hydrogen) atoms. The van der Waals surface area contributed by atoms with Crippen LogP contribution in [0.4, 0.5) is 24.8 Å². The lowest BCUT2D eigenvalue weighted by Crippen LogP contribution is -2.29. The van der Waals surface area contributed by atoms with Crippen LogP contribution < -0.4 is 10.6 Å². The average Bonchev–Trinajstić information content (AvgIpc) is 3.28. The molecule has 1 fully saturated rings. The fourth-order valence-electron chi connectivity index (χ4n) is 4.05. The third kappa shape index (κ3) is 4.45. The molecule has 0 saturated carbocycles. The molecule has 0 aliphatic carbocycles. The quantitative estimate of drug-likeness (QED) is 0.443. The van der Waals surface area contributed by atoms with Crippen LogP contribution in [0.25, 0.3) is 22.6 Å². The van der Waals surface area contributed by atoms with E-state index in [-0.39, 0.29) is 17.8 Å². The summed E-state index contributed by atoms with van der Waals surface area (Å²) in [6, 6.07) is 11.7. The predicted molar refractivity (Wildman–Crippen MR) is 119 cm³/mol. The van der Waals surface area contributed by atoms with Crippen molar-refractivity contribution >= 4 is 11.6 Å². The number of benzene rings is 2. The summed E-state index contributed by atoms with van der Waals surface area (Å²) in [5.74, 6) is -1.97. The van der Waals surface area contributed by atoms with Crippen LogP contribution in [0.15, 0.2) is 61.1 Å². The lowest BCUT2D eigenvalue weighted by atomic mass is 10.0. The van der Waals surface area contributed by atoms with Crippen LogP contribution in [0.5, 0.6) is 0 Å². The largest absolute Gasteiger partial charge is 0.326 e. The summed E-state index contributed by atoms with van der Waals surface area (Å²) in [5, 5.41) is 6.29. The van der Waals surface area contributed by atoms with Gasteiger partial charge in [-0.1, -0.05) is 0 Å². The van der Waals surface area contributed by atoms with Crippen molar-refractivity contribution in [1.29, 1.82) is 0 Å². The lowest BCUT2D eigenvalue weighted by molar-refractivity contribution is 0.370. The molecule has 0 amide bonds. The first-order valence-corrected chi connectivity index (χ1v) is 10.7. The van der Waals surface area contributed by atoms with Gasteiger partial charge in [-0.3, -0.25) is 0 Å². The molecule has 2 N–H and O–H groups in total. The van der Waals surface area contributed by atoms with Gasteiger partial charge in [0, 0.05) is 29.6 Å². The number of nitrogens with zero attached hydrogens (tertiary/aromatic N) is 4. The molecular formula is C24H21F3N6. The summed E-state index contributed by atoms with van der Waals surface area (Å²) in [6.07, 6.45) is 5.28. The van der Waals surface area contributed by atoms with Crippen LogP contribution in [0.3, 0.4) is 0 Å². The van der Waals surface area contributed by atoms with E-state index in [4.69, 9.17) is 0 Å². The van der Waals surface area contributed by atoms with Gasteiger partial charge in [0.25, 0.3) is 0 Å². The summed E-state index contributed by atoms with van der Waals surface area (Å²) < 4.78 is 42.5. The smallest absolute Gasteiger partial charge is 0.227 e. The van der Waals surface area contributed by atoms with Crippen LogP contribution in [-0.4, -0.2) is 32.6 Å². The molecule has 0 bridgehead atoms. The number of halogens is 3. The maximum absolute atomic E-state index is 13.6. The summed E-state index contributed by atoms with van der Waals surface area (Å²) in [6.45, 7) is 1.81. The standard InChI is InChI=1S/C24H21F3N6/c25-16-3-1-15(2-4-16)22-23(33(14-30-22)18-7-10-28-11-8-18)21-9-12-29-24(32-21)31-17-5-6-19(26)20(27)13-17/h1-6,9,12-14,18,28H,7-8,10-11H2,(H,29,31,32). The molecule has 5 rings (SSSR count). The Balaban J connectivity index is 1.56. The second-order valence-corrected chi connectivity index (χ2v) is 7.86. The highest BCUT2D eigenvalue weighted by atomic mass is 19.2. The molecule has 0 spiro atoms. The minimum absolute atomic E-state index is 0.237. The predicted octanol–water partition coefficient (Wildman–Crippen LogP) is 5.09. The Hall–Kier alpha value is -3.72. The molecule has 0 atom stereocenters. The SMILES string of the molecule is Fc1ccc(-c2ncn(C3CCNCC3)c2-c2ccnc(Nc3ccc(F)c(F)c3)n2)cc1. The van der Waals surface area contributed by atoms with E-state index in [1.54, 1.807) is 30.7 Å². The van der Waals surface area contributed by atoms with Crippen molar-refractivity contribution in [2.75, 3.05) is 18.4 Å². The van der Waals surface area contributed by atoms with Crippen LogP contribution in [0.1, 0.15) is 18.9 Å². The third-order valence-corrected chi connectivity index (χ3v) is 5.69. The number of nitrogens with one attached hydrogen (secondary N) is 2. The molecular weight excluding hydrogens is 429 g/mol. The normalized spacial score (nSPS) is 14.4. The number of piperidine rings is 1. The van der Waals surface area contributed by atoms with Gasteiger partial charge in [-0.2, -0.15) is 0 Å². The van der Waals surface area contributed by atoms with E-state index in [9.17, 15) is 13.2 Å². The van der Waals surface area contributed by atoms with Crippen LogP contribution >= 0.6 is 0 Å². The molecule has 168 valence electrons. The Labute approximate surface area is 188 Å². The molecule has 9 heteroatoms. The zero-order chi connectivity index (χ0) is 22.8. The van der Waals surface area contributed by atoms with Gasteiger partial charge >= 0.3 is 0 Å². The second-order valence-electron chi connectivity index (χ2n) is 7.86. The fourth-order valence-corrected chi connectivity index (χ4v) is 4.05. The van der Waals surface area contributed by atoms with E-state index < -0.39 is 11.6 Å². The van der Waals surface area contributed by atoms with Crippen molar-refractivity contribution in [2.45, 2.75) is 18.9 Å². The molecule has 2 aromatic heterocycles. The molecule has 6 nitrogen and oxygen atoms in total. The van der Waals surface area contributed by atoms with Crippen molar-refractivity contribution in [2.24, 2.45) is 0 Å². The van der Waals surface area contributed by atoms with Gasteiger partial charge < -0.3 is 15.2 Å². The van der Waals surface area contributed by atoms with E-state index in [1.165, 1.54) is 18.2 Å². The van der Waals surface area contributed by atoms with Gasteiger partial charge in [0.2, 0.25) is 5.95 Å². The molecule has 3 heterocycles. The topological polar surface area (TPSA) is 67.7 Å². The number of imidazole rings is 1. The van der Waals surface area contributed by atoms with Gasteiger partial charge in [-0.15, -0.1) is 0 Å².